The average molecular weight is 514 g/mol. The van der Waals surface area contributed by atoms with Gasteiger partial charge in [-0.05, 0) is 39.3 Å². The monoisotopic (exact) mass is 514 g/mol. The molecule has 1 aromatic heterocycles. The van der Waals surface area contributed by atoms with Gasteiger partial charge in [-0.15, -0.1) is 24.0 Å². The summed E-state index contributed by atoms with van der Waals surface area (Å²) >= 11 is 0. The zero-order chi connectivity index (χ0) is 20.9. The van der Waals surface area contributed by atoms with Gasteiger partial charge >= 0.3 is 0 Å². The molecule has 0 spiro atoms. The second-order valence-corrected chi connectivity index (χ2v) is 8.97. The fourth-order valence-electron chi connectivity index (χ4n) is 2.53. The van der Waals surface area contributed by atoms with Crippen molar-refractivity contribution in [3.63, 3.8) is 0 Å². The van der Waals surface area contributed by atoms with Crippen molar-refractivity contribution in [2.24, 2.45) is 4.99 Å². The van der Waals surface area contributed by atoms with Gasteiger partial charge in [-0.1, -0.05) is 32.9 Å². The average Bonchev–Trinajstić information content (AvgIpc) is 3.04. The molecule has 0 radical (unpaired) electrons. The first-order valence-corrected chi connectivity index (χ1v) is 9.66. The summed E-state index contributed by atoms with van der Waals surface area (Å²) in [6.45, 7) is 15.6. The van der Waals surface area contributed by atoms with E-state index in [4.69, 9.17) is 9.15 Å². The molecule has 0 aliphatic carbocycles. The van der Waals surface area contributed by atoms with Crippen molar-refractivity contribution in [1.29, 1.82) is 0 Å². The summed E-state index contributed by atoms with van der Waals surface area (Å²) in [5, 5.41) is 6.57. The minimum absolute atomic E-state index is 0. The van der Waals surface area contributed by atoms with Crippen molar-refractivity contribution < 1.29 is 9.15 Å². The number of guanidine groups is 1. The molecule has 0 fully saturated rings. The molecule has 2 N–H and O–H groups in total. The Kier molecular flexibility index (Phi) is 8.99. The summed E-state index contributed by atoms with van der Waals surface area (Å²) < 4.78 is 11.9. The van der Waals surface area contributed by atoms with Crippen LogP contribution in [0.1, 0.15) is 64.3 Å². The Balaban J connectivity index is 0.00000420. The zero-order valence-electron chi connectivity index (χ0n) is 18.8. The maximum atomic E-state index is 6.12. The summed E-state index contributed by atoms with van der Waals surface area (Å²) in [6.07, 6.45) is 1.79. The van der Waals surface area contributed by atoms with Crippen LogP contribution < -0.4 is 15.4 Å². The van der Waals surface area contributed by atoms with Gasteiger partial charge in [0.1, 0.15) is 17.1 Å². The van der Waals surface area contributed by atoms with E-state index in [9.17, 15) is 0 Å². The highest BCUT2D eigenvalue weighted by atomic mass is 127. The van der Waals surface area contributed by atoms with E-state index in [2.05, 4.69) is 87.3 Å². The first-order chi connectivity index (χ1) is 13.0. The number of benzene rings is 1. The van der Waals surface area contributed by atoms with Gasteiger partial charge < -0.3 is 19.8 Å². The third-order valence-corrected chi connectivity index (χ3v) is 4.01. The number of aryl methyl sites for hydroxylation is 1. The summed E-state index contributed by atoms with van der Waals surface area (Å²) in [5.41, 5.74) is 1.94. The number of nitrogens with one attached hydrogen (secondary N) is 2. The van der Waals surface area contributed by atoms with E-state index in [-0.39, 0.29) is 35.0 Å². The minimum atomic E-state index is -0.252. The van der Waals surface area contributed by atoms with Gasteiger partial charge in [0.15, 0.2) is 5.96 Å². The van der Waals surface area contributed by atoms with Crippen LogP contribution in [0.25, 0.3) is 0 Å². The van der Waals surface area contributed by atoms with Crippen molar-refractivity contribution in [1.82, 2.24) is 15.6 Å². The first-order valence-electron chi connectivity index (χ1n) is 9.66. The molecule has 0 aliphatic heterocycles. The fourth-order valence-corrected chi connectivity index (χ4v) is 2.53. The Morgan fingerprint density at radius 3 is 2.31 bits per heavy atom. The highest BCUT2D eigenvalue weighted by molar-refractivity contribution is 14.0. The van der Waals surface area contributed by atoms with Crippen molar-refractivity contribution >= 4 is 29.9 Å². The number of hydrogen-bond acceptors (Lipinski definition) is 4. The number of rotatable bonds is 5. The van der Waals surface area contributed by atoms with Crippen molar-refractivity contribution in [3.8, 4) is 5.75 Å². The van der Waals surface area contributed by atoms with Gasteiger partial charge in [0.05, 0.1) is 12.7 Å². The molecular formula is C22H35IN4O2. The molecule has 29 heavy (non-hydrogen) atoms. The van der Waals surface area contributed by atoms with Crippen LogP contribution in [0.5, 0.6) is 5.75 Å². The minimum Gasteiger partial charge on any atom is -0.488 e. The maximum absolute atomic E-state index is 6.12. The highest BCUT2D eigenvalue weighted by Crippen LogP contribution is 2.25. The van der Waals surface area contributed by atoms with Crippen molar-refractivity contribution in [2.75, 3.05) is 7.05 Å². The Labute approximate surface area is 191 Å². The molecule has 0 bridgehead atoms. The van der Waals surface area contributed by atoms with Crippen LogP contribution in [0.15, 0.2) is 33.8 Å². The smallest absolute Gasteiger partial charge is 0.213 e. The lowest BCUT2D eigenvalue weighted by atomic mass is 9.94. The second kappa shape index (κ2) is 10.3. The molecule has 0 saturated carbocycles. The second-order valence-electron chi connectivity index (χ2n) is 8.97. The molecule has 0 atom stereocenters. The van der Waals surface area contributed by atoms with Crippen LogP contribution in [0, 0.1) is 6.92 Å². The molecule has 1 aromatic carbocycles. The molecule has 6 nitrogen and oxygen atoms in total. The van der Waals surface area contributed by atoms with Crippen LogP contribution in [-0.4, -0.2) is 23.6 Å². The van der Waals surface area contributed by atoms with Crippen LogP contribution in [0.3, 0.4) is 0 Å². The van der Waals surface area contributed by atoms with E-state index < -0.39 is 0 Å². The van der Waals surface area contributed by atoms with Crippen molar-refractivity contribution in [3.05, 3.63) is 47.2 Å². The van der Waals surface area contributed by atoms with E-state index in [1.54, 1.807) is 13.2 Å². The number of oxazole rings is 1. The molecule has 0 unspecified atom stereocenters. The normalized spacial score (nSPS) is 12.3. The lowest BCUT2D eigenvalue weighted by molar-refractivity contribution is 0.129. The molecule has 1 heterocycles. The number of ether oxygens (including phenoxy) is 1. The van der Waals surface area contributed by atoms with Gasteiger partial charge in [0.2, 0.25) is 5.89 Å². The van der Waals surface area contributed by atoms with E-state index in [1.807, 2.05) is 0 Å². The van der Waals surface area contributed by atoms with E-state index in [1.165, 1.54) is 5.56 Å². The molecular weight excluding hydrogens is 479 g/mol. The molecule has 162 valence electrons. The number of hydrogen-bond donors (Lipinski definition) is 2. The number of nitrogens with zero attached hydrogens (tertiary/aromatic N) is 2. The predicted octanol–water partition coefficient (Wildman–Crippen LogP) is 4.94. The number of aliphatic imine (C=N–C) groups is 1. The lowest BCUT2D eigenvalue weighted by Crippen LogP contribution is -2.36. The van der Waals surface area contributed by atoms with Gasteiger partial charge in [-0.2, -0.15) is 0 Å². The molecule has 0 amide bonds. The summed E-state index contributed by atoms with van der Waals surface area (Å²) in [7, 11) is 1.74. The molecule has 7 heteroatoms. The largest absolute Gasteiger partial charge is 0.488 e. The van der Waals surface area contributed by atoms with Gasteiger partial charge in [0, 0.05) is 24.6 Å². The lowest BCUT2D eigenvalue weighted by Gasteiger charge is -2.24. The topological polar surface area (TPSA) is 71.7 Å². The number of halogens is 1. The highest BCUT2D eigenvalue weighted by Gasteiger charge is 2.19. The predicted molar refractivity (Wildman–Crippen MR) is 129 cm³/mol. The summed E-state index contributed by atoms with van der Waals surface area (Å²) in [5.74, 6) is 3.08. The van der Waals surface area contributed by atoms with Crippen LogP contribution in [0.4, 0.5) is 0 Å². The van der Waals surface area contributed by atoms with Crippen molar-refractivity contribution in [2.45, 2.75) is 72.6 Å². The SMILES string of the molecule is CN=C(NCc1ncc(C(C)(C)C)o1)NCc1ccc(C)cc1OC(C)(C)C.I. The van der Waals surface area contributed by atoms with Gasteiger partial charge in [-0.3, -0.25) is 4.99 Å². The quantitative estimate of drug-likeness (QED) is 0.336. The number of aromatic nitrogens is 1. The molecule has 0 aliphatic rings. The standard InChI is InChI=1S/C22H34N4O2.HI/c1-15-9-10-16(17(11-15)28-22(5,6)7)12-25-20(23-8)26-14-19-24-13-18(27-19)21(2,3)4;/h9-11,13H,12,14H2,1-8H3,(H2,23,25,26);1H. The summed E-state index contributed by atoms with van der Waals surface area (Å²) in [6, 6.07) is 6.24. The fraction of sp³-hybridized carbons (Fsp3) is 0.545. The molecule has 2 rings (SSSR count). The van der Waals surface area contributed by atoms with Gasteiger partial charge in [-0.25, -0.2) is 4.98 Å². The maximum Gasteiger partial charge on any atom is 0.213 e. The van der Waals surface area contributed by atoms with E-state index in [0.717, 1.165) is 17.1 Å². The Hall–Kier alpha value is -1.77. The van der Waals surface area contributed by atoms with E-state index in [0.29, 0.717) is 24.9 Å². The molecule has 2 aromatic rings. The van der Waals surface area contributed by atoms with Crippen LogP contribution in [-0.2, 0) is 18.5 Å². The summed E-state index contributed by atoms with van der Waals surface area (Å²) in [4.78, 5) is 8.62. The third-order valence-electron chi connectivity index (χ3n) is 4.01. The first kappa shape index (κ1) is 25.3. The van der Waals surface area contributed by atoms with Gasteiger partial charge in [0.25, 0.3) is 0 Å². The Morgan fingerprint density at radius 2 is 1.76 bits per heavy atom. The third kappa shape index (κ3) is 8.24. The Bertz CT molecular complexity index is 817. The Morgan fingerprint density at radius 1 is 1.10 bits per heavy atom. The zero-order valence-corrected chi connectivity index (χ0v) is 21.2. The van der Waals surface area contributed by atoms with E-state index >= 15 is 0 Å². The van der Waals surface area contributed by atoms with Crippen LogP contribution in [0.2, 0.25) is 0 Å². The molecule has 0 saturated heterocycles. The van der Waals surface area contributed by atoms with Crippen LogP contribution >= 0.6 is 24.0 Å².